The van der Waals surface area contributed by atoms with Gasteiger partial charge in [-0.15, -0.1) is 0 Å². The van der Waals surface area contributed by atoms with E-state index in [1.165, 1.54) is 34.1 Å². The molecule has 1 aromatic carbocycles. The van der Waals surface area contributed by atoms with Crippen molar-refractivity contribution in [3.05, 3.63) is 35.0 Å². The molecule has 0 radical (unpaired) electrons. The van der Waals surface area contributed by atoms with Crippen LogP contribution in [0.5, 0.6) is 0 Å². The Morgan fingerprint density at radius 1 is 1.22 bits per heavy atom. The minimum atomic E-state index is 0.617. The van der Waals surface area contributed by atoms with Crippen LogP contribution < -0.4 is 5.73 Å². The third-order valence-corrected chi connectivity index (χ3v) is 3.87. The van der Waals surface area contributed by atoms with Gasteiger partial charge in [0.2, 0.25) is 0 Å². The zero-order chi connectivity index (χ0) is 13.3. The molecule has 0 aliphatic rings. The molecule has 2 heteroatoms. The maximum Gasteiger partial charge on any atom is 0.0485 e. The number of fused-ring (bicyclic) bond motifs is 1. The van der Waals surface area contributed by atoms with Gasteiger partial charge >= 0.3 is 0 Å². The van der Waals surface area contributed by atoms with Crippen LogP contribution in [0.3, 0.4) is 0 Å². The molecule has 0 fully saturated rings. The first kappa shape index (κ1) is 13.2. The van der Waals surface area contributed by atoms with E-state index in [-0.39, 0.29) is 0 Å². The topological polar surface area (TPSA) is 30.9 Å². The summed E-state index contributed by atoms with van der Waals surface area (Å²) >= 11 is 0. The van der Waals surface area contributed by atoms with E-state index in [1.54, 1.807) is 0 Å². The molecule has 0 amide bonds. The summed E-state index contributed by atoms with van der Waals surface area (Å²) in [7, 11) is 0. The van der Waals surface area contributed by atoms with Crippen LogP contribution in [0.25, 0.3) is 10.9 Å². The van der Waals surface area contributed by atoms with E-state index in [0.717, 1.165) is 12.5 Å². The van der Waals surface area contributed by atoms with E-state index < -0.39 is 0 Å². The molecular formula is C16H24N2. The Hall–Kier alpha value is -1.28. The first-order valence-electron chi connectivity index (χ1n) is 6.83. The lowest BCUT2D eigenvalue weighted by Crippen LogP contribution is -2.03. The van der Waals surface area contributed by atoms with Crippen LogP contribution in [-0.2, 0) is 13.1 Å². The fourth-order valence-corrected chi connectivity index (χ4v) is 2.50. The Kier molecular flexibility index (Phi) is 3.76. The Morgan fingerprint density at radius 2 is 1.94 bits per heavy atom. The predicted molar refractivity (Wildman–Crippen MR) is 78.8 cm³/mol. The molecule has 1 heterocycles. The molecule has 0 saturated heterocycles. The molecule has 0 spiro atoms. The van der Waals surface area contributed by atoms with Crippen molar-refractivity contribution in [3.8, 4) is 0 Å². The Morgan fingerprint density at radius 3 is 2.56 bits per heavy atom. The Bertz CT molecular complexity index is 550. The van der Waals surface area contributed by atoms with Gasteiger partial charge in [0.15, 0.2) is 0 Å². The van der Waals surface area contributed by atoms with Gasteiger partial charge in [-0.25, -0.2) is 0 Å². The molecule has 18 heavy (non-hydrogen) atoms. The van der Waals surface area contributed by atoms with Crippen LogP contribution in [0.1, 0.15) is 37.1 Å². The molecule has 0 atom stereocenters. The number of aromatic nitrogens is 1. The van der Waals surface area contributed by atoms with Gasteiger partial charge in [0.1, 0.15) is 0 Å². The smallest absolute Gasteiger partial charge is 0.0485 e. The van der Waals surface area contributed by atoms with Crippen LogP contribution in [0, 0.1) is 19.8 Å². The van der Waals surface area contributed by atoms with Gasteiger partial charge < -0.3 is 10.3 Å². The Labute approximate surface area is 110 Å². The summed E-state index contributed by atoms with van der Waals surface area (Å²) in [6.07, 6.45) is 1.22. The van der Waals surface area contributed by atoms with Gasteiger partial charge in [-0.3, -0.25) is 0 Å². The van der Waals surface area contributed by atoms with Gasteiger partial charge in [0.25, 0.3) is 0 Å². The molecule has 98 valence electrons. The van der Waals surface area contributed by atoms with Crippen molar-refractivity contribution in [2.45, 2.75) is 47.2 Å². The van der Waals surface area contributed by atoms with Gasteiger partial charge in [-0.2, -0.15) is 0 Å². The van der Waals surface area contributed by atoms with Gasteiger partial charge in [-0.05, 0) is 49.4 Å². The van der Waals surface area contributed by atoms with Crippen molar-refractivity contribution < 1.29 is 0 Å². The molecule has 2 aromatic rings. The van der Waals surface area contributed by atoms with E-state index >= 15 is 0 Å². The number of hydrogen-bond donors (Lipinski definition) is 1. The fraction of sp³-hybridized carbons (Fsp3) is 0.500. The highest BCUT2D eigenvalue weighted by Crippen LogP contribution is 2.26. The van der Waals surface area contributed by atoms with Crippen molar-refractivity contribution in [1.82, 2.24) is 4.57 Å². The Balaban J connectivity index is 2.49. The van der Waals surface area contributed by atoms with Crippen molar-refractivity contribution in [2.75, 3.05) is 0 Å². The standard InChI is InChI=1S/C16H24N2/c1-11(2)7-8-18-13(4)12(3)15-9-14(10-17)5-6-16(15)18/h5-6,9,11H,7-8,10,17H2,1-4H3. The summed E-state index contributed by atoms with van der Waals surface area (Å²) in [5.41, 5.74) is 11.1. The van der Waals surface area contributed by atoms with Crippen LogP contribution in [-0.4, -0.2) is 4.57 Å². The van der Waals surface area contributed by atoms with Gasteiger partial charge in [0, 0.05) is 29.7 Å². The molecule has 0 bridgehead atoms. The SMILES string of the molecule is Cc1c(C)n(CCC(C)C)c2ccc(CN)cc12. The van der Waals surface area contributed by atoms with Gasteiger partial charge in [0.05, 0.1) is 0 Å². The molecule has 0 unspecified atom stereocenters. The lowest BCUT2D eigenvalue weighted by molar-refractivity contribution is 0.519. The van der Waals surface area contributed by atoms with Crippen molar-refractivity contribution in [1.29, 1.82) is 0 Å². The normalized spacial score (nSPS) is 11.7. The second kappa shape index (κ2) is 5.15. The van der Waals surface area contributed by atoms with Crippen molar-refractivity contribution in [3.63, 3.8) is 0 Å². The zero-order valence-corrected chi connectivity index (χ0v) is 12.0. The molecule has 2 N–H and O–H groups in total. The third-order valence-electron chi connectivity index (χ3n) is 3.87. The monoisotopic (exact) mass is 244 g/mol. The number of benzene rings is 1. The van der Waals surface area contributed by atoms with Crippen LogP contribution in [0.15, 0.2) is 18.2 Å². The van der Waals surface area contributed by atoms with Crippen LogP contribution in [0.4, 0.5) is 0 Å². The second-order valence-electron chi connectivity index (χ2n) is 5.60. The average molecular weight is 244 g/mol. The minimum absolute atomic E-state index is 0.617. The van der Waals surface area contributed by atoms with Crippen molar-refractivity contribution >= 4 is 10.9 Å². The average Bonchev–Trinajstić information content (AvgIpc) is 2.59. The number of hydrogen-bond acceptors (Lipinski definition) is 1. The molecule has 1 aromatic heterocycles. The quantitative estimate of drug-likeness (QED) is 0.872. The van der Waals surface area contributed by atoms with Crippen LogP contribution >= 0.6 is 0 Å². The zero-order valence-electron chi connectivity index (χ0n) is 12.0. The highest BCUT2D eigenvalue weighted by molar-refractivity contribution is 5.86. The maximum absolute atomic E-state index is 5.73. The molecular weight excluding hydrogens is 220 g/mol. The summed E-state index contributed by atoms with van der Waals surface area (Å²) in [6, 6.07) is 6.61. The maximum atomic E-state index is 5.73. The number of rotatable bonds is 4. The molecule has 0 aliphatic heterocycles. The third kappa shape index (κ3) is 2.30. The summed E-state index contributed by atoms with van der Waals surface area (Å²) in [4.78, 5) is 0. The minimum Gasteiger partial charge on any atom is -0.345 e. The molecule has 2 rings (SSSR count). The number of nitrogens with two attached hydrogens (primary N) is 1. The highest BCUT2D eigenvalue weighted by Gasteiger charge is 2.11. The van der Waals surface area contributed by atoms with Crippen LogP contribution in [0.2, 0.25) is 0 Å². The second-order valence-corrected chi connectivity index (χ2v) is 5.60. The van der Waals surface area contributed by atoms with E-state index in [9.17, 15) is 0 Å². The summed E-state index contributed by atoms with van der Waals surface area (Å²) in [5, 5.41) is 1.36. The van der Waals surface area contributed by atoms with E-state index in [4.69, 9.17) is 5.73 Å². The van der Waals surface area contributed by atoms with Gasteiger partial charge in [-0.1, -0.05) is 19.9 Å². The van der Waals surface area contributed by atoms with E-state index in [2.05, 4.69) is 50.5 Å². The lowest BCUT2D eigenvalue weighted by Gasteiger charge is -2.10. The summed E-state index contributed by atoms with van der Waals surface area (Å²) < 4.78 is 2.45. The molecule has 0 aliphatic carbocycles. The summed E-state index contributed by atoms with van der Waals surface area (Å²) in [5.74, 6) is 0.741. The first-order valence-corrected chi connectivity index (χ1v) is 6.83. The summed E-state index contributed by atoms with van der Waals surface area (Å²) in [6.45, 7) is 10.7. The largest absolute Gasteiger partial charge is 0.345 e. The lowest BCUT2D eigenvalue weighted by atomic mass is 10.1. The molecule has 2 nitrogen and oxygen atoms in total. The predicted octanol–water partition coefficient (Wildman–Crippen LogP) is 3.76. The fourth-order valence-electron chi connectivity index (χ4n) is 2.50. The number of aryl methyl sites for hydroxylation is 2. The van der Waals surface area contributed by atoms with E-state index in [1.807, 2.05) is 0 Å². The first-order chi connectivity index (χ1) is 8.54. The van der Waals surface area contributed by atoms with Crippen molar-refractivity contribution in [2.24, 2.45) is 11.7 Å². The highest BCUT2D eigenvalue weighted by atomic mass is 15.0. The molecule has 0 saturated carbocycles. The van der Waals surface area contributed by atoms with E-state index in [0.29, 0.717) is 6.54 Å². The number of nitrogens with zero attached hydrogens (tertiary/aromatic N) is 1.